The molecule has 27 heavy (non-hydrogen) atoms. The van der Waals surface area contributed by atoms with Gasteiger partial charge in [-0.1, -0.05) is 24.0 Å². The maximum atomic E-state index is 9.03. The summed E-state index contributed by atoms with van der Waals surface area (Å²) in [6.45, 7) is 4.69. The second kappa shape index (κ2) is 7.10. The molecule has 2 aromatic carbocycles. The molecule has 0 aliphatic carbocycles. The molecule has 0 unspecified atom stereocenters. The van der Waals surface area contributed by atoms with Crippen LogP contribution in [0.3, 0.4) is 0 Å². The van der Waals surface area contributed by atoms with Gasteiger partial charge in [0.2, 0.25) is 0 Å². The number of nitrogens with zero attached hydrogens (tertiary/aromatic N) is 4. The predicted octanol–water partition coefficient (Wildman–Crippen LogP) is 3.23. The Morgan fingerprint density at radius 2 is 1.96 bits per heavy atom. The van der Waals surface area contributed by atoms with Gasteiger partial charge in [-0.05, 0) is 49.2 Å². The molecule has 134 valence electrons. The van der Waals surface area contributed by atoms with E-state index in [0.29, 0.717) is 6.54 Å². The zero-order valence-corrected chi connectivity index (χ0v) is 15.3. The third-order valence-corrected chi connectivity index (χ3v) is 4.51. The van der Waals surface area contributed by atoms with E-state index < -0.39 is 0 Å². The molecule has 2 heterocycles. The van der Waals surface area contributed by atoms with Gasteiger partial charge in [0.05, 0.1) is 36.1 Å². The fraction of sp³-hybridized carbons (Fsp3) is 0.182. The van der Waals surface area contributed by atoms with Crippen LogP contribution in [-0.2, 0) is 6.54 Å². The summed E-state index contributed by atoms with van der Waals surface area (Å²) in [7, 11) is 0. The van der Waals surface area contributed by atoms with E-state index in [-0.39, 0.29) is 6.61 Å². The smallest absolute Gasteiger partial charge is 0.101 e. The Morgan fingerprint density at radius 1 is 1.07 bits per heavy atom. The fourth-order valence-corrected chi connectivity index (χ4v) is 3.01. The van der Waals surface area contributed by atoms with Gasteiger partial charge in [-0.15, -0.1) is 0 Å². The van der Waals surface area contributed by atoms with Crippen LogP contribution in [0.15, 0.2) is 55.1 Å². The first-order valence-electron chi connectivity index (χ1n) is 8.84. The minimum atomic E-state index is 0.0637. The number of aryl methyl sites for hydroxylation is 2. The van der Waals surface area contributed by atoms with Gasteiger partial charge in [0.25, 0.3) is 0 Å². The molecule has 0 amide bonds. The van der Waals surface area contributed by atoms with Gasteiger partial charge >= 0.3 is 0 Å². The highest BCUT2D eigenvalue weighted by molar-refractivity contribution is 5.79. The average molecular weight is 356 g/mol. The number of aliphatic hydroxyl groups is 1. The van der Waals surface area contributed by atoms with E-state index >= 15 is 0 Å². The number of hydrogen-bond donors (Lipinski definition) is 1. The maximum Gasteiger partial charge on any atom is 0.101 e. The van der Waals surface area contributed by atoms with Gasteiger partial charge in [0, 0.05) is 17.3 Å². The van der Waals surface area contributed by atoms with Crippen molar-refractivity contribution in [2.75, 3.05) is 6.61 Å². The summed E-state index contributed by atoms with van der Waals surface area (Å²) >= 11 is 0. The van der Waals surface area contributed by atoms with Crippen LogP contribution < -0.4 is 0 Å². The van der Waals surface area contributed by atoms with E-state index in [1.54, 1.807) is 17.2 Å². The van der Waals surface area contributed by atoms with Crippen LogP contribution in [-0.4, -0.2) is 31.0 Å². The summed E-state index contributed by atoms with van der Waals surface area (Å²) in [5.74, 6) is 6.52. The molecule has 2 aromatic heterocycles. The van der Waals surface area contributed by atoms with E-state index in [9.17, 15) is 0 Å². The van der Waals surface area contributed by atoms with Crippen molar-refractivity contribution in [1.29, 1.82) is 0 Å². The van der Waals surface area contributed by atoms with Crippen LogP contribution in [0.2, 0.25) is 0 Å². The summed E-state index contributed by atoms with van der Waals surface area (Å²) in [5, 5.41) is 13.3. The third kappa shape index (κ3) is 3.48. The molecule has 0 aliphatic rings. The van der Waals surface area contributed by atoms with E-state index in [2.05, 4.69) is 54.0 Å². The summed E-state index contributed by atoms with van der Waals surface area (Å²) in [4.78, 5) is 4.51. The van der Waals surface area contributed by atoms with Crippen molar-refractivity contribution in [3.05, 3.63) is 77.4 Å². The second-order valence-corrected chi connectivity index (χ2v) is 6.57. The first-order chi connectivity index (χ1) is 13.1. The lowest BCUT2D eigenvalue weighted by Gasteiger charge is -2.01. The molecule has 0 aliphatic heterocycles. The zero-order valence-electron chi connectivity index (χ0n) is 15.3. The van der Waals surface area contributed by atoms with Crippen molar-refractivity contribution in [2.45, 2.75) is 20.4 Å². The van der Waals surface area contributed by atoms with Crippen molar-refractivity contribution < 1.29 is 5.11 Å². The number of imidazole rings is 1. The Bertz CT molecular complexity index is 1170. The molecule has 0 bridgehead atoms. The topological polar surface area (TPSA) is 55.9 Å². The highest BCUT2D eigenvalue weighted by Crippen LogP contribution is 2.19. The molecule has 0 spiro atoms. The summed E-state index contributed by atoms with van der Waals surface area (Å²) in [5.41, 5.74) is 7.18. The van der Waals surface area contributed by atoms with E-state index in [1.165, 1.54) is 11.1 Å². The highest BCUT2D eigenvalue weighted by atomic mass is 16.3. The van der Waals surface area contributed by atoms with Crippen molar-refractivity contribution in [3.8, 4) is 17.5 Å². The van der Waals surface area contributed by atoms with Gasteiger partial charge in [-0.25, -0.2) is 4.98 Å². The van der Waals surface area contributed by atoms with Gasteiger partial charge < -0.3 is 5.11 Å². The Balaban J connectivity index is 1.66. The molecule has 0 saturated heterocycles. The predicted molar refractivity (Wildman–Crippen MR) is 106 cm³/mol. The van der Waals surface area contributed by atoms with E-state index in [1.807, 2.05) is 29.0 Å². The molecular formula is C22H20N4O. The molecule has 4 aromatic rings. The van der Waals surface area contributed by atoms with E-state index in [4.69, 9.17) is 5.11 Å². The van der Waals surface area contributed by atoms with Crippen molar-refractivity contribution in [2.24, 2.45) is 0 Å². The van der Waals surface area contributed by atoms with E-state index in [0.717, 1.165) is 27.8 Å². The maximum absolute atomic E-state index is 9.03. The molecule has 4 rings (SSSR count). The minimum Gasteiger partial charge on any atom is -0.394 e. The number of fused-ring (bicyclic) bond motifs is 1. The van der Waals surface area contributed by atoms with Crippen LogP contribution in [0.25, 0.3) is 16.7 Å². The van der Waals surface area contributed by atoms with Crippen molar-refractivity contribution in [3.63, 3.8) is 0 Å². The van der Waals surface area contributed by atoms with Gasteiger partial charge in [-0.3, -0.25) is 9.25 Å². The first-order valence-corrected chi connectivity index (χ1v) is 8.84. The Labute approximate surface area is 157 Å². The number of benzene rings is 2. The number of aliphatic hydroxyl groups excluding tert-OH is 1. The molecule has 1 N–H and O–H groups in total. The Kier molecular flexibility index (Phi) is 4.49. The summed E-state index contributed by atoms with van der Waals surface area (Å²) < 4.78 is 3.70. The third-order valence-electron chi connectivity index (χ3n) is 4.51. The number of rotatable bonds is 3. The first kappa shape index (κ1) is 17.1. The monoisotopic (exact) mass is 356 g/mol. The minimum absolute atomic E-state index is 0.0637. The van der Waals surface area contributed by atoms with Crippen LogP contribution >= 0.6 is 0 Å². The quantitative estimate of drug-likeness (QED) is 0.574. The molecule has 5 nitrogen and oxygen atoms in total. The lowest BCUT2D eigenvalue weighted by Crippen LogP contribution is -2.01. The van der Waals surface area contributed by atoms with Crippen molar-refractivity contribution in [1.82, 2.24) is 19.3 Å². The lowest BCUT2D eigenvalue weighted by atomic mass is 10.1. The molecule has 0 fully saturated rings. The van der Waals surface area contributed by atoms with Crippen LogP contribution in [0.4, 0.5) is 0 Å². The molecule has 0 radical (unpaired) electrons. The average Bonchev–Trinajstić information content (AvgIpc) is 3.29. The van der Waals surface area contributed by atoms with Crippen LogP contribution in [0, 0.1) is 25.7 Å². The molecule has 0 atom stereocenters. The molecule has 5 heteroatoms. The van der Waals surface area contributed by atoms with Crippen LogP contribution in [0.1, 0.15) is 22.3 Å². The number of aromatic nitrogens is 4. The normalized spacial score (nSPS) is 10.8. The SMILES string of the molecule is Cc1ccc(C)c(C#Cc2ccc3c(c2)ncn3-c2cnn(CCO)c2)c1. The Hall–Kier alpha value is -3.36. The van der Waals surface area contributed by atoms with Crippen LogP contribution in [0.5, 0.6) is 0 Å². The zero-order chi connectivity index (χ0) is 18.8. The van der Waals surface area contributed by atoms with Crippen molar-refractivity contribution >= 4 is 11.0 Å². The highest BCUT2D eigenvalue weighted by Gasteiger charge is 2.07. The molecular weight excluding hydrogens is 336 g/mol. The largest absolute Gasteiger partial charge is 0.394 e. The van der Waals surface area contributed by atoms with Gasteiger partial charge in [0.15, 0.2) is 0 Å². The van der Waals surface area contributed by atoms with Gasteiger partial charge in [-0.2, -0.15) is 5.10 Å². The fourth-order valence-electron chi connectivity index (χ4n) is 3.01. The Morgan fingerprint density at radius 3 is 2.81 bits per heavy atom. The number of hydrogen-bond acceptors (Lipinski definition) is 3. The lowest BCUT2D eigenvalue weighted by molar-refractivity contribution is 0.269. The second-order valence-electron chi connectivity index (χ2n) is 6.57. The summed E-state index contributed by atoms with van der Waals surface area (Å²) in [6.07, 6.45) is 5.45. The standard InChI is InChI=1S/C22H20N4O/c1-16-3-4-17(2)19(11-16)7-5-18-6-8-22-21(12-18)23-15-26(22)20-13-24-25(14-20)9-10-27/h3-4,6,8,11-15,27H,9-10H2,1-2H3. The van der Waals surface area contributed by atoms with Gasteiger partial charge in [0.1, 0.15) is 6.33 Å². The molecule has 0 saturated carbocycles. The summed E-state index contributed by atoms with van der Waals surface area (Å²) in [6, 6.07) is 12.3.